The molecule has 0 saturated heterocycles. The van der Waals surface area contributed by atoms with Crippen molar-refractivity contribution >= 4 is 23.6 Å². The van der Waals surface area contributed by atoms with Crippen LogP contribution in [0.25, 0.3) is 0 Å². The van der Waals surface area contributed by atoms with Crippen molar-refractivity contribution in [2.24, 2.45) is 0 Å². The molecule has 2 heterocycles. The second-order valence-corrected chi connectivity index (χ2v) is 4.80. The van der Waals surface area contributed by atoms with Gasteiger partial charge >= 0.3 is 6.03 Å². The van der Waals surface area contributed by atoms with Gasteiger partial charge in [0.25, 0.3) is 0 Å². The van der Waals surface area contributed by atoms with E-state index in [0.717, 1.165) is 11.7 Å². The van der Waals surface area contributed by atoms with E-state index in [1.807, 2.05) is 0 Å². The van der Waals surface area contributed by atoms with Crippen LogP contribution in [0.3, 0.4) is 0 Å². The van der Waals surface area contributed by atoms with E-state index in [4.69, 9.17) is 4.74 Å². The predicted octanol–water partition coefficient (Wildman–Crippen LogP) is 2.10. The molecular weight excluding hydrogens is 283 g/mol. The van der Waals surface area contributed by atoms with Gasteiger partial charge < -0.3 is 9.64 Å². The van der Waals surface area contributed by atoms with Crippen LogP contribution in [0.15, 0.2) is 24.4 Å². The zero-order valence-corrected chi connectivity index (χ0v) is 11.2. The first-order valence-corrected chi connectivity index (χ1v) is 6.70. The molecule has 1 aliphatic rings. The second-order valence-electron chi connectivity index (χ2n) is 4.24. The highest BCUT2D eigenvalue weighted by molar-refractivity contribution is 6.99. The molecule has 0 spiro atoms. The van der Waals surface area contributed by atoms with Crippen LogP contribution in [-0.2, 0) is 6.54 Å². The van der Waals surface area contributed by atoms with Gasteiger partial charge in [0.1, 0.15) is 18.2 Å². The molecule has 104 valence electrons. The largest absolute Gasteiger partial charge is 0.491 e. The van der Waals surface area contributed by atoms with Gasteiger partial charge in [-0.05, 0) is 18.2 Å². The normalized spacial score (nSPS) is 14.2. The van der Waals surface area contributed by atoms with Crippen LogP contribution in [0.4, 0.5) is 15.0 Å². The van der Waals surface area contributed by atoms with Gasteiger partial charge in [-0.2, -0.15) is 8.75 Å². The summed E-state index contributed by atoms with van der Waals surface area (Å²) >= 11 is 1.02. The number of carbonyl (C=O) groups is 1. The summed E-state index contributed by atoms with van der Waals surface area (Å²) in [6, 6.07) is 4.00. The van der Waals surface area contributed by atoms with Crippen molar-refractivity contribution in [3.05, 3.63) is 35.8 Å². The molecule has 6 nitrogen and oxygen atoms in total. The number of fused-ring (bicyclic) bond motifs is 1. The van der Waals surface area contributed by atoms with Crippen molar-refractivity contribution in [3.63, 3.8) is 0 Å². The highest BCUT2D eigenvalue weighted by Gasteiger charge is 2.20. The fraction of sp³-hybridized carbons (Fsp3) is 0.250. The maximum Gasteiger partial charge on any atom is 0.323 e. The van der Waals surface area contributed by atoms with Crippen molar-refractivity contribution in [1.82, 2.24) is 13.6 Å². The lowest BCUT2D eigenvalue weighted by atomic mass is 10.2. The fourth-order valence-electron chi connectivity index (χ4n) is 1.94. The maximum absolute atomic E-state index is 13.3. The topological polar surface area (TPSA) is 67.4 Å². The molecule has 1 N–H and O–H groups in total. The zero-order chi connectivity index (χ0) is 13.9. The molecule has 0 fully saturated rings. The Morgan fingerprint density at radius 2 is 2.40 bits per heavy atom. The number of amides is 2. The first-order valence-electron chi connectivity index (χ1n) is 5.97. The Morgan fingerprint density at radius 3 is 3.20 bits per heavy atom. The van der Waals surface area contributed by atoms with Gasteiger partial charge in [-0.1, -0.05) is 0 Å². The number of benzene rings is 1. The molecule has 0 atom stereocenters. The lowest BCUT2D eigenvalue weighted by molar-refractivity contribution is 0.200. The van der Waals surface area contributed by atoms with E-state index in [9.17, 15) is 9.18 Å². The minimum Gasteiger partial charge on any atom is -0.491 e. The number of ether oxygens (including phenoxy) is 1. The van der Waals surface area contributed by atoms with Gasteiger partial charge in [0.05, 0.1) is 31.0 Å². The highest BCUT2D eigenvalue weighted by atomic mass is 32.1. The Hall–Kier alpha value is -2.22. The van der Waals surface area contributed by atoms with Crippen LogP contribution >= 0.6 is 11.7 Å². The Labute approximate surface area is 118 Å². The number of anilines is 1. The SMILES string of the molecule is O=C(Nc1cnsn1)N1CCOc2ccc(F)cc2C1. The van der Waals surface area contributed by atoms with Gasteiger partial charge in [0.2, 0.25) is 0 Å². The van der Waals surface area contributed by atoms with Crippen LogP contribution in [0, 0.1) is 5.82 Å². The predicted molar refractivity (Wildman–Crippen MR) is 71.2 cm³/mol. The van der Waals surface area contributed by atoms with E-state index >= 15 is 0 Å². The lowest BCUT2D eigenvalue weighted by Crippen LogP contribution is -2.36. The van der Waals surface area contributed by atoms with Crippen molar-refractivity contribution in [1.29, 1.82) is 0 Å². The number of urea groups is 1. The Morgan fingerprint density at radius 1 is 1.50 bits per heavy atom. The summed E-state index contributed by atoms with van der Waals surface area (Å²) in [7, 11) is 0. The van der Waals surface area contributed by atoms with E-state index in [1.54, 1.807) is 11.0 Å². The minimum absolute atomic E-state index is 0.288. The number of halogens is 1. The van der Waals surface area contributed by atoms with Gasteiger partial charge in [0, 0.05) is 5.56 Å². The third kappa shape index (κ3) is 2.69. The molecule has 1 aromatic heterocycles. The molecular formula is C12H11FN4O2S. The number of hydrogen-bond acceptors (Lipinski definition) is 5. The third-order valence-corrected chi connectivity index (χ3v) is 3.36. The van der Waals surface area contributed by atoms with Crippen LogP contribution in [0.5, 0.6) is 5.75 Å². The summed E-state index contributed by atoms with van der Waals surface area (Å²) in [5.41, 5.74) is 0.647. The summed E-state index contributed by atoms with van der Waals surface area (Å²) in [4.78, 5) is 13.7. The first kappa shape index (κ1) is 12.8. The number of carbonyl (C=O) groups excluding carboxylic acids is 1. The molecule has 1 aliphatic heterocycles. The Kier molecular flexibility index (Phi) is 3.46. The van der Waals surface area contributed by atoms with Crippen molar-refractivity contribution in [2.75, 3.05) is 18.5 Å². The average molecular weight is 294 g/mol. The van der Waals surface area contributed by atoms with Crippen molar-refractivity contribution in [3.8, 4) is 5.75 Å². The average Bonchev–Trinajstić information content (AvgIpc) is 2.83. The van der Waals surface area contributed by atoms with E-state index in [1.165, 1.54) is 18.3 Å². The van der Waals surface area contributed by atoms with E-state index in [0.29, 0.717) is 30.3 Å². The van der Waals surface area contributed by atoms with Crippen molar-refractivity contribution < 1.29 is 13.9 Å². The molecule has 0 bridgehead atoms. The summed E-state index contributed by atoms with van der Waals surface area (Å²) in [5, 5.41) is 2.64. The van der Waals surface area contributed by atoms with E-state index < -0.39 is 0 Å². The number of hydrogen-bond donors (Lipinski definition) is 1. The van der Waals surface area contributed by atoms with Gasteiger partial charge in [-0.15, -0.1) is 0 Å². The van der Waals surface area contributed by atoms with E-state index in [-0.39, 0.29) is 18.4 Å². The summed E-state index contributed by atoms with van der Waals surface area (Å²) in [5.74, 6) is 0.667. The molecule has 20 heavy (non-hydrogen) atoms. The summed E-state index contributed by atoms with van der Waals surface area (Å²) in [6.07, 6.45) is 1.48. The van der Waals surface area contributed by atoms with Crippen LogP contribution in [0.1, 0.15) is 5.56 Å². The minimum atomic E-state index is -0.349. The van der Waals surface area contributed by atoms with E-state index in [2.05, 4.69) is 14.1 Å². The number of nitrogens with zero attached hydrogens (tertiary/aromatic N) is 3. The van der Waals surface area contributed by atoms with Gasteiger partial charge in [0.15, 0.2) is 5.82 Å². The summed E-state index contributed by atoms with van der Waals surface area (Å²) in [6.45, 7) is 1.07. The molecule has 0 radical (unpaired) electrons. The monoisotopic (exact) mass is 294 g/mol. The Bertz CT molecular complexity index is 620. The molecule has 1 aromatic carbocycles. The molecule has 2 aromatic rings. The zero-order valence-electron chi connectivity index (χ0n) is 10.4. The van der Waals surface area contributed by atoms with Crippen LogP contribution in [-0.4, -0.2) is 32.8 Å². The number of nitrogens with one attached hydrogen (secondary N) is 1. The molecule has 8 heteroatoms. The smallest absolute Gasteiger partial charge is 0.323 e. The molecule has 0 unspecified atom stereocenters. The number of rotatable bonds is 1. The third-order valence-electron chi connectivity index (χ3n) is 2.89. The quantitative estimate of drug-likeness (QED) is 0.874. The first-order chi connectivity index (χ1) is 9.72. The summed E-state index contributed by atoms with van der Waals surface area (Å²) < 4.78 is 26.5. The lowest BCUT2D eigenvalue weighted by Gasteiger charge is -2.19. The van der Waals surface area contributed by atoms with Gasteiger partial charge in [-0.25, -0.2) is 9.18 Å². The molecule has 2 amide bonds. The van der Waals surface area contributed by atoms with Crippen molar-refractivity contribution in [2.45, 2.75) is 6.54 Å². The molecule has 0 saturated carbocycles. The fourth-order valence-corrected chi connectivity index (χ4v) is 2.32. The molecule has 0 aliphatic carbocycles. The highest BCUT2D eigenvalue weighted by Crippen LogP contribution is 2.24. The Balaban J connectivity index is 1.76. The number of aromatic nitrogens is 2. The second kappa shape index (κ2) is 5.41. The molecule has 3 rings (SSSR count). The van der Waals surface area contributed by atoms with Crippen LogP contribution in [0.2, 0.25) is 0 Å². The van der Waals surface area contributed by atoms with Crippen LogP contribution < -0.4 is 10.1 Å². The maximum atomic E-state index is 13.3. The standard InChI is InChI=1S/C12H11FN4O2S/c13-9-1-2-10-8(5-9)7-17(3-4-19-10)12(18)15-11-6-14-20-16-11/h1-2,5-6H,3-4,7H2,(H,15,16,18). The van der Waals surface area contributed by atoms with Gasteiger partial charge in [-0.3, -0.25) is 5.32 Å².